The van der Waals surface area contributed by atoms with Gasteiger partial charge in [0.25, 0.3) is 0 Å². The molecule has 0 saturated carbocycles. The van der Waals surface area contributed by atoms with Crippen LogP contribution in [0.5, 0.6) is 11.5 Å². The van der Waals surface area contributed by atoms with E-state index in [0.717, 1.165) is 25.4 Å². The van der Waals surface area contributed by atoms with Gasteiger partial charge >= 0.3 is 0 Å². The minimum atomic E-state index is 0.165. The molecule has 4 nitrogen and oxygen atoms in total. The molecule has 2 aliphatic rings. The predicted octanol–water partition coefficient (Wildman–Crippen LogP) is 3.77. The van der Waals surface area contributed by atoms with Gasteiger partial charge in [-0.15, -0.1) is 0 Å². The van der Waals surface area contributed by atoms with Gasteiger partial charge in [0.05, 0.1) is 0 Å². The van der Waals surface area contributed by atoms with Crippen molar-refractivity contribution in [2.75, 3.05) is 32.8 Å². The Morgan fingerprint density at radius 1 is 1.04 bits per heavy atom. The average molecular weight is 351 g/mol. The van der Waals surface area contributed by atoms with Gasteiger partial charge < -0.3 is 14.4 Å². The number of benzene rings is 2. The number of hydrogen-bond acceptors (Lipinski definition) is 4. The Morgan fingerprint density at radius 2 is 1.81 bits per heavy atom. The van der Waals surface area contributed by atoms with Crippen molar-refractivity contribution >= 4 is 5.78 Å². The molecule has 4 rings (SSSR count). The molecule has 2 aliphatic heterocycles. The molecule has 2 aromatic carbocycles. The highest BCUT2D eigenvalue weighted by Crippen LogP contribution is 2.33. The minimum Gasteiger partial charge on any atom is -0.486 e. The summed E-state index contributed by atoms with van der Waals surface area (Å²) in [5, 5.41) is 0. The summed E-state index contributed by atoms with van der Waals surface area (Å²) in [4.78, 5) is 15.0. The van der Waals surface area contributed by atoms with Crippen LogP contribution in [0.15, 0.2) is 48.5 Å². The molecule has 0 aromatic heterocycles. The fourth-order valence-corrected chi connectivity index (χ4v) is 4.00. The maximum atomic E-state index is 12.6. The second-order valence-electron chi connectivity index (χ2n) is 7.29. The number of carbonyl (C=O) groups excluding carboxylic acids is 1. The standard InChI is InChI=1S/C22H25NO3/c1-16-14-23(15-19(16)17-5-3-2-4-6-17)10-9-20(24)18-7-8-21-22(13-18)26-12-11-25-21/h2-8,13,16,19H,9-12,14-15H2,1H3/t16-,19+/m1/s1. The van der Waals surface area contributed by atoms with E-state index >= 15 is 0 Å². The summed E-state index contributed by atoms with van der Waals surface area (Å²) in [5.74, 6) is 2.74. The molecule has 0 radical (unpaired) electrons. The van der Waals surface area contributed by atoms with Crippen LogP contribution in [0.3, 0.4) is 0 Å². The first kappa shape index (κ1) is 17.1. The van der Waals surface area contributed by atoms with Crippen LogP contribution in [0.4, 0.5) is 0 Å². The Labute approximate surface area is 154 Å². The first-order chi connectivity index (χ1) is 12.7. The Bertz CT molecular complexity index is 774. The molecule has 0 N–H and O–H groups in total. The smallest absolute Gasteiger partial charge is 0.164 e. The molecular formula is C22H25NO3. The number of Topliss-reactive ketones (excluding diaryl/α,β-unsaturated/α-hetero) is 1. The Morgan fingerprint density at radius 3 is 2.62 bits per heavy atom. The van der Waals surface area contributed by atoms with Crippen LogP contribution in [0.2, 0.25) is 0 Å². The SMILES string of the molecule is C[C@@H]1CN(CCC(=O)c2ccc3c(c2)OCCO3)C[C@@H]1c1ccccc1. The molecule has 0 unspecified atom stereocenters. The fraction of sp³-hybridized carbons (Fsp3) is 0.409. The first-order valence-electron chi connectivity index (χ1n) is 9.41. The average Bonchev–Trinajstić information content (AvgIpc) is 3.07. The largest absolute Gasteiger partial charge is 0.486 e. The molecule has 2 aromatic rings. The van der Waals surface area contributed by atoms with Crippen LogP contribution in [0, 0.1) is 5.92 Å². The number of nitrogens with zero attached hydrogens (tertiary/aromatic N) is 1. The second-order valence-corrected chi connectivity index (χ2v) is 7.29. The quantitative estimate of drug-likeness (QED) is 0.769. The van der Waals surface area contributed by atoms with Crippen LogP contribution in [-0.2, 0) is 0 Å². The van der Waals surface area contributed by atoms with E-state index in [2.05, 4.69) is 42.2 Å². The molecule has 2 heterocycles. The lowest BCUT2D eigenvalue weighted by atomic mass is 9.90. The highest BCUT2D eigenvalue weighted by atomic mass is 16.6. The van der Waals surface area contributed by atoms with Crippen molar-refractivity contribution in [3.63, 3.8) is 0 Å². The second kappa shape index (κ2) is 7.50. The van der Waals surface area contributed by atoms with Gasteiger partial charge in [0.15, 0.2) is 17.3 Å². The summed E-state index contributed by atoms with van der Waals surface area (Å²) in [6.07, 6.45) is 0.536. The first-order valence-corrected chi connectivity index (χ1v) is 9.41. The van der Waals surface area contributed by atoms with Gasteiger partial charge in [-0.2, -0.15) is 0 Å². The number of fused-ring (bicyclic) bond motifs is 1. The molecule has 1 saturated heterocycles. The Balaban J connectivity index is 1.35. The van der Waals surface area contributed by atoms with E-state index in [-0.39, 0.29) is 5.78 Å². The number of ether oxygens (including phenoxy) is 2. The highest BCUT2D eigenvalue weighted by molar-refractivity contribution is 5.96. The summed E-state index contributed by atoms with van der Waals surface area (Å²) >= 11 is 0. The third-order valence-electron chi connectivity index (χ3n) is 5.43. The van der Waals surface area contributed by atoms with E-state index in [9.17, 15) is 4.79 Å². The molecule has 136 valence electrons. The molecular weight excluding hydrogens is 326 g/mol. The molecule has 0 spiro atoms. The van der Waals surface area contributed by atoms with Crippen molar-refractivity contribution in [1.82, 2.24) is 4.90 Å². The van der Waals surface area contributed by atoms with Gasteiger partial charge in [-0.05, 0) is 29.7 Å². The zero-order chi connectivity index (χ0) is 17.9. The zero-order valence-corrected chi connectivity index (χ0v) is 15.2. The molecule has 0 amide bonds. The van der Waals surface area contributed by atoms with Crippen molar-refractivity contribution < 1.29 is 14.3 Å². The number of likely N-dealkylation sites (tertiary alicyclic amines) is 1. The van der Waals surface area contributed by atoms with Crippen molar-refractivity contribution in [1.29, 1.82) is 0 Å². The van der Waals surface area contributed by atoms with Crippen LogP contribution in [-0.4, -0.2) is 43.5 Å². The van der Waals surface area contributed by atoms with Gasteiger partial charge in [-0.25, -0.2) is 0 Å². The third kappa shape index (κ3) is 3.61. The molecule has 26 heavy (non-hydrogen) atoms. The normalized spacial score (nSPS) is 22.3. The van der Waals surface area contributed by atoms with Crippen molar-refractivity contribution in [2.24, 2.45) is 5.92 Å². The van der Waals surface area contributed by atoms with E-state index in [1.165, 1.54) is 5.56 Å². The van der Waals surface area contributed by atoms with Crippen molar-refractivity contribution in [3.8, 4) is 11.5 Å². The van der Waals surface area contributed by atoms with Crippen molar-refractivity contribution in [2.45, 2.75) is 19.3 Å². The van der Waals surface area contributed by atoms with E-state index in [4.69, 9.17) is 9.47 Å². The summed E-state index contributed by atoms with van der Waals surface area (Å²) in [6.45, 7) is 6.29. The van der Waals surface area contributed by atoms with Gasteiger partial charge in [0, 0.05) is 37.5 Å². The molecule has 2 atom stereocenters. The summed E-state index contributed by atoms with van der Waals surface area (Å²) in [5.41, 5.74) is 2.11. The van der Waals surface area contributed by atoms with Crippen molar-refractivity contribution in [3.05, 3.63) is 59.7 Å². The summed E-state index contributed by atoms with van der Waals surface area (Å²) in [7, 11) is 0. The lowest BCUT2D eigenvalue weighted by molar-refractivity contribution is 0.0967. The predicted molar refractivity (Wildman–Crippen MR) is 101 cm³/mol. The maximum Gasteiger partial charge on any atom is 0.164 e. The van der Waals surface area contributed by atoms with Crippen LogP contribution in [0.1, 0.15) is 35.2 Å². The zero-order valence-electron chi connectivity index (χ0n) is 15.2. The van der Waals surface area contributed by atoms with E-state index in [1.54, 1.807) is 0 Å². The third-order valence-corrected chi connectivity index (χ3v) is 5.43. The molecule has 0 bridgehead atoms. The number of carbonyl (C=O) groups is 1. The van der Waals surface area contributed by atoms with Gasteiger partial charge in [-0.3, -0.25) is 4.79 Å². The molecule has 0 aliphatic carbocycles. The lowest BCUT2D eigenvalue weighted by Crippen LogP contribution is -2.24. The monoisotopic (exact) mass is 351 g/mol. The fourth-order valence-electron chi connectivity index (χ4n) is 4.00. The van der Waals surface area contributed by atoms with Gasteiger partial charge in [0.2, 0.25) is 0 Å². The highest BCUT2D eigenvalue weighted by Gasteiger charge is 2.30. The number of hydrogen-bond donors (Lipinski definition) is 0. The summed E-state index contributed by atoms with van der Waals surface area (Å²) < 4.78 is 11.1. The van der Waals surface area contributed by atoms with Crippen LogP contribution < -0.4 is 9.47 Å². The van der Waals surface area contributed by atoms with E-state index in [0.29, 0.717) is 42.8 Å². The number of rotatable bonds is 5. The number of ketones is 1. The lowest BCUT2D eigenvalue weighted by Gasteiger charge is -2.19. The molecule has 4 heteroatoms. The van der Waals surface area contributed by atoms with Gasteiger partial charge in [0.1, 0.15) is 13.2 Å². The maximum absolute atomic E-state index is 12.6. The van der Waals surface area contributed by atoms with Gasteiger partial charge in [-0.1, -0.05) is 37.3 Å². The summed E-state index contributed by atoms with van der Waals surface area (Å²) in [6, 6.07) is 16.2. The van der Waals surface area contributed by atoms with E-state index < -0.39 is 0 Å². The van der Waals surface area contributed by atoms with E-state index in [1.807, 2.05) is 18.2 Å². The van der Waals surface area contributed by atoms with Crippen LogP contribution in [0.25, 0.3) is 0 Å². The molecule has 1 fully saturated rings. The Kier molecular flexibility index (Phi) is 4.93. The Hall–Kier alpha value is -2.33. The van der Waals surface area contributed by atoms with Crippen LogP contribution >= 0.6 is 0 Å². The topological polar surface area (TPSA) is 38.8 Å². The minimum absolute atomic E-state index is 0.165.